The van der Waals surface area contributed by atoms with Crippen molar-refractivity contribution in [3.8, 4) is 11.1 Å². The molecule has 1 aliphatic heterocycles. The molecule has 0 aromatic heterocycles. The van der Waals surface area contributed by atoms with Gasteiger partial charge < -0.3 is 15.8 Å². The quantitative estimate of drug-likeness (QED) is 0.769. The molecule has 2 atom stereocenters. The molecule has 0 radical (unpaired) electrons. The third-order valence-electron chi connectivity index (χ3n) is 4.35. The second-order valence-corrected chi connectivity index (χ2v) is 6.90. The van der Waals surface area contributed by atoms with Crippen LogP contribution < -0.4 is 11.1 Å². The molecular formula is C19H21Cl3N2O2. The van der Waals surface area contributed by atoms with E-state index in [-0.39, 0.29) is 24.4 Å². The van der Waals surface area contributed by atoms with Crippen LogP contribution in [0.3, 0.4) is 0 Å². The van der Waals surface area contributed by atoms with Crippen LogP contribution in [-0.2, 0) is 16.1 Å². The molecule has 7 heteroatoms. The lowest BCUT2D eigenvalue weighted by molar-refractivity contribution is -0.132. The minimum absolute atomic E-state index is 0. The Hall–Kier alpha value is -1.30. The van der Waals surface area contributed by atoms with Gasteiger partial charge in [-0.25, -0.2) is 0 Å². The van der Waals surface area contributed by atoms with Gasteiger partial charge in [-0.2, -0.15) is 0 Å². The molecule has 26 heavy (non-hydrogen) atoms. The molecule has 3 rings (SSSR count). The average Bonchev–Trinajstić information content (AvgIpc) is 3.09. The van der Waals surface area contributed by atoms with E-state index in [9.17, 15) is 4.79 Å². The highest BCUT2D eigenvalue weighted by Crippen LogP contribution is 2.32. The number of carbonyl (C=O) groups is 1. The molecule has 140 valence electrons. The number of hydrogen-bond acceptors (Lipinski definition) is 3. The Morgan fingerprint density at radius 2 is 1.92 bits per heavy atom. The van der Waals surface area contributed by atoms with Gasteiger partial charge in [-0.15, -0.1) is 12.4 Å². The lowest BCUT2D eigenvalue weighted by Gasteiger charge is -2.15. The van der Waals surface area contributed by atoms with Crippen molar-refractivity contribution in [2.45, 2.75) is 31.6 Å². The van der Waals surface area contributed by atoms with Gasteiger partial charge in [-0.05, 0) is 36.1 Å². The predicted molar refractivity (Wildman–Crippen MR) is 108 cm³/mol. The summed E-state index contributed by atoms with van der Waals surface area (Å²) in [5, 5.41) is 4.12. The molecule has 1 heterocycles. The smallest absolute Gasteiger partial charge is 0.249 e. The van der Waals surface area contributed by atoms with Gasteiger partial charge in [0.15, 0.2) is 0 Å². The van der Waals surface area contributed by atoms with Crippen molar-refractivity contribution in [3.63, 3.8) is 0 Å². The Balaban J connectivity index is 0.00000243. The van der Waals surface area contributed by atoms with Crippen LogP contribution in [0, 0.1) is 0 Å². The lowest BCUT2D eigenvalue weighted by atomic mass is 9.99. The number of nitrogens with two attached hydrogens (primary N) is 1. The number of halogens is 3. The summed E-state index contributed by atoms with van der Waals surface area (Å²) in [7, 11) is 0. The Bertz CT molecular complexity index is 770. The predicted octanol–water partition coefficient (Wildman–Crippen LogP) is 4.20. The minimum Gasteiger partial charge on any atom is -0.364 e. The molecule has 1 aliphatic rings. The van der Waals surface area contributed by atoms with Gasteiger partial charge in [0, 0.05) is 28.7 Å². The number of ether oxygens (including phenoxy) is 1. The monoisotopic (exact) mass is 414 g/mol. The molecule has 4 nitrogen and oxygen atoms in total. The van der Waals surface area contributed by atoms with Crippen LogP contribution in [0.4, 0.5) is 0 Å². The zero-order valence-corrected chi connectivity index (χ0v) is 16.4. The Morgan fingerprint density at radius 3 is 2.62 bits per heavy atom. The second-order valence-electron chi connectivity index (χ2n) is 6.06. The number of hydrogen-bond donors (Lipinski definition) is 2. The molecule has 3 N–H and O–H groups in total. The van der Waals surface area contributed by atoms with Gasteiger partial charge in [0.05, 0.1) is 6.10 Å². The highest BCUT2D eigenvalue weighted by Gasteiger charge is 2.29. The number of rotatable bonds is 5. The average molecular weight is 416 g/mol. The fourth-order valence-electron chi connectivity index (χ4n) is 3.01. The number of nitrogens with one attached hydrogen (secondary N) is 1. The third kappa shape index (κ3) is 4.90. The number of carbonyl (C=O) groups excluding carboxylic acids is 1. The van der Waals surface area contributed by atoms with E-state index in [1.54, 1.807) is 12.1 Å². The van der Waals surface area contributed by atoms with Crippen molar-refractivity contribution in [1.82, 2.24) is 5.32 Å². The van der Waals surface area contributed by atoms with E-state index in [1.807, 2.05) is 30.3 Å². The van der Waals surface area contributed by atoms with Crippen LogP contribution in [0.1, 0.15) is 18.4 Å². The second kappa shape index (κ2) is 9.58. The highest BCUT2D eigenvalue weighted by molar-refractivity contribution is 6.36. The summed E-state index contributed by atoms with van der Waals surface area (Å²) in [6, 6.07) is 13.2. The van der Waals surface area contributed by atoms with E-state index >= 15 is 0 Å². The maximum absolute atomic E-state index is 12.3. The molecule has 0 spiro atoms. The summed E-state index contributed by atoms with van der Waals surface area (Å²) in [5.74, 6) is -0.104. The minimum atomic E-state index is -0.417. The zero-order chi connectivity index (χ0) is 17.8. The van der Waals surface area contributed by atoms with Gasteiger partial charge >= 0.3 is 0 Å². The first-order chi connectivity index (χ1) is 12.1. The van der Waals surface area contributed by atoms with Crippen LogP contribution in [-0.4, -0.2) is 24.7 Å². The van der Waals surface area contributed by atoms with Crippen LogP contribution in [0.2, 0.25) is 10.0 Å². The molecule has 1 saturated heterocycles. The molecule has 1 fully saturated rings. The summed E-state index contributed by atoms with van der Waals surface area (Å²) < 4.78 is 5.64. The highest BCUT2D eigenvalue weighted by atomic mass is 35.5. The number of amides is 1. The van der Waals surface area contributed by atoms with Gasteiger partial charge in [0.2, 0.25) is 5.91 Å². The fraction of sp³-hybridized carbons (Fsp3) is 0.316. The van der Waals surface area contributed by atoms with Gasteiger partial charge in [0.25, 0.3) is 0 Å². The van der Waals surface area contributed by atoms with Crippen LogP contribution in [0.15, 0.2) is 42.5 Å². The van der Waals surface area contributed by atoms with Crippen LogP contribution >= 0.6 is 35.6 Å². The first kappa shape index (κ1) is 21.0. The molecule has 2 aromatic carbocycles. The molecular weight excluding hydrogens is 395 g/mol. The standard InChI is InChI=1S/C19H20Cl2N2O2.ClH/c20-13-5-7-16(17(21)9-13)15-4-2-1-3-12(15)11-23-19(24)18-8-6-14(10-22)25-18;/h1-5,7,9,14,18H,6,8,10-11,22H2,(H,23,24);1H/t14-,18+;/m1./s1. The fourth-order valence-corrected chi connectivity index (χ4v) is 3.52. The van der Waals surface area contributed by atoms with E-state index in [0.29, 0.717) is 29.6 Å². The SMILES string of the molecule is Cl.NC[C@H]1CC[C@@H](C(=O)NCc2ccccc2-c2ccc(Cl)cc2Cl)O1. The van der Waals surface area contributed by atoms with E-state index in [1.165, 1.54) is 0 Å². The largest absolute Gasteiger partial charge is 0.364 e. The summed E-state index contributed by atoms with van der Waals surface area (Å²) in [6.07, 6.45) is 1.10. The summed E-state index contributed by atoms with van der Waals surface area (Å²) in [4.78, 5) is 12.3. The Morgan fingerprint density at radius 1 is 1.15 bits per heavy atom. The maximum atomic E-state index is 12.3. The van der Waals surface area contributed by atoms with Gasteiger partial charge in [-0.3, -0.25) is 4.79 Å². The van der Waals surface area contributed by atoms with Gasteiger partial charge in [0.1, 0.15) is 6.10 Å². The first-order valence-electron chi connectivity index (χ1n) is 8.25. The summed E-state index contributed by atoms with van der Waals surface area (Å²) in [6.45, 7) is 0.850. The summed E-state index contributed by atoms with van der Waals surface area (Å²) in [5.41, 5.74) is 8.43. The topological polar surface area (TPSA) is 64.4 Å². The summed E-state index contributed by atoms with van der Waals surface area (Å²) >= 11 is 12.3. The Labute approximate surface area is 169 Å². The molecule has 0 unspecified atom stereocenters. The lowest BCUT2D eigenvalue weighted by Crippen LogP contribution is -2.35. The zero-order valence-electron chi connectivity index (χ0n) is 14.1. The van der Waals surface area contributed by atoms with Crippen molar-refractivity contribution in [1.29, 1.82) is 0 Å². The van der Waals surface area contributed by atoms with Gasteiger partial charge in [-0.1, -0.05) is 53.5 Å². The van der Waals surface area contributed by atoms with E-state index in [2.05, 4.69) is 5.32 Å². The van der Waals surface area contributed by atoms with Crippen molar-refractivity contribution < 1.29 is 9.53 Å². The van der Waals surface area contributed by atoms with E-state index in [4.69, 9.17) is 33.7 Å². The van der Waals surface area contributed by atoms with Crippen LogP contribution in [0.5, 0.6) is 0 Å². The van der Waals surface area contributed by atoms with Crippen LogP contribution in [0.25, 0.3) is 11.1 Å². The molecule has 0 bridgehead atoms. The van der Waals surface area contributed by atoms with Crippen molar-refractivity contribution >= 4 is 41.5 Å². The first-order valence-corrected chi connectivity index (χ1v) is 9.00. The Kier molecular flexibility index (Phi) is 7.74. The van der Waals surface area contributed by atoms with Crippen molar-refractivity contribution in [2.75, 3.05) is 6.54 Å². The molecule has 1 amide bonds. The van der Waals surface area contributed by atoms with E-state index < -0.39 is 6.10 Å². The van der Waals surface area contributed by atoms with Crippen molar-refractivity contribution in [2.24, 2.45) is 5.73 Å². The molecule has 0 saturated carbocycles. The normalized spacial score (nSPS) is 19.0. The maximum Gasteiger partial charge on any atom is 0.249 e. The van der Waals surface area contributed by atoms with E-state index in [0.717, 1.165) is 23.1 Å². The third-order valence-corrected chi connectivity index (χ3v) is 4.90. The molecule has 0 aliphatic carbocycles. The number of benzene rings is 2. The van der Waals surface area contributed by atoms with Crippen molar-refractivity contribution in [3.05, 3.63) is 58.1 Å². The molecule has 2 aromatic rings.